The Hall–Kier alpha value is -2.56. The number of fused-ring (bicyclic) bond motifs is 1. The molecular weight excluding hydrogens is 364 g/mol. The second kappa shape index (κ2) is 8.85. The molecule has 2 heterocycles. The van der Waals surface area contributed by atoms with Gasteiger partial charge < -0.3 is 14.5 Å². The van der Waals surface area contributed by atoms with Gasteiger partial charge >= 0.3 is 0 Å². The molecule has 2 aliphatic heterocycles. The van der Waals surface area contributed by atoms with Crippen LogP contribution in [0.3, 0.4) is 0 Å². The molecule has 29 heavy (non-hydrogen) atoms. The molecule has 0 saturated carbocycles. The fourth-order valence-corrected chi connectivity index (χ4v) is 4.36. The van der Waals surface area contributed by atoms with Gasteiger partial charge in [0.05, 0.1) is 0 Å². The van der Waals surface area contributed by atoms with Crippen molar-refractivity contribution in [2.24, 2.45) is 11.8 Å². The number of nitrogens with zero attached hydrogens (tertiary/aromatic N) is 2. The lowest BCUT2D eigenvalue weighted by molar-refractivity contribution is -0.142. The molecule has 154 valence electrons. The Balaban J connectivity index is 1.25. The van der Waals surface area contributed by atoms with Crippen molar-refractivity contribution in [3.63, 3.8) is 0 Å². The van der Waals surface area contributed by atoms with Gasteiger partial charge in [-0.2, -0.15) is 0 Å². The van der Waals surface area contributed by atoms with E-state index in [9.17, 15) is 9.59 Å². The first kappa shape index (κ1) is 19.7. The summed E-state index contributed by atoms with van der Waals surface area (Å²) in [6.07, 6.45) is 3.73. The molecule has 4 rings (SSSR count). The Morgan fingerprint density at radius 3 is 2.28 bits per heavy atom. The van der Waals surface area contributed by atoms with Crippen molar-refractivity contribution in [3.05, 3.63) is 42.5 Å². The molecule has 0 aliphatic carbocycles. The number of piperidine rings is 2. The van der Waals surface area contributed by atoms with Gasteiger partial charge in [0.15, 0.2) is 6.61 Å². The van der Waals surface area contributed by atoms with E-state index in [1.807, 2.05) is 46.2 Å². The molecule has 5 nitrogen and oxygen atoms in total. The smallest absolute Gasteiger partial charge is 0.260 e. The monoisotopic (exact) mass is 394 g/mol. The minimum Gasteiger partial charge on any atom is -0.484 e. The van der Waals surface area contributed by atoms with Gasteiger partial charge in [0.25, 0.3) is 5.91 Å². The first-order chi connectivity index (χ1) is 14.1. The highest BCUT2D eigenvalue weighted by molar-refractivity contribution is 5.84. The first-order valence-electron chi connectivity index (χ1n) is 10.8. The lowest BCUT2D eigenvalue weighted by Gasteiger charge is -2.36. The number of likely N-dealkylation sites (tertiary alicyclic amines) is 2. The largest absolute Gasteiger partial charge is 0.484 e. The number of carbonyl (C=O) groups excluding carboxylic acids is 2. The first-order valence-corrected chi connectivity index (χ1v) is 10.8. The normalized spacial score (nSPS) is 18.8. The lowest BCUT2D eigenvalue weighted by Crippen LogP contribution is -2.47. The third-order valence-corrected chi connectivity index (χ3v) is 6.38. The van der Waals surface area contributed by atoms with Crippen LogP contribution in [0.1, 0.15) is 32.6 Å². The summed E-state index contributed by atoms with van der Waals surface area (Å²) in [4.78, 5) is 29.2. The third kappa shape index (κ3) is 4.72. The maximum absolute atomic E-state index is 12.8. The topological polar surface area (TPSA) is 49.9 Å². The Morgan fingerprint density at radius 2 is 1.55 bits per heavy atom. The average molecular weight is 395 g/mol. The predicted molar refractivity (Wildman–Crippen MR) is 114 cm³/mol. The van der Waals surface area contributed by atoms with Crippen molar-refractivity contribution >= 4 is 22.6 Å². The second-order valence-electron chi connectivity index (χ2n) is 8.46. The Bertz CT molecular complexity index is 865. The minimum atomic E-state index is -0.00384. The molecule has 2 fully saturated rings. The summed E-state index contributed by atoms with van der Waals surface area (Å²) in [7, 11) is 0. The lowest BCUT2D eigenvalue weighted by atomic mass is 9.92. The van der Waals surface area contributed by atoms with Gasteiger partial charge in [0.1, 0.15) is 5.75 Å². The van der Waals surface area contributed by atoms with Crippen LogP contribution < -0.4 is 4.74 Å². The van der Waals surface area contributed by atoms with E-state index >= 15 is 0 Å². The van der Waals surface area contributed by atoms with Crippen molar-refractivity contribution in [2.45, 2.75) is 32.6 Å². The van der Waals surface area contributed by atoms with Crippen LogP contribution in [0.15, 0.2) is 42.5 Å². The van der Waals surface area contributed by atoms with E-state index in [-0.39, 0.29) is 24.3 Å². The van der Waals surface area contributed by atoms with Gasteiger partial charge in [-0.1, -0.05) is 37.3 Å². The van der Waals surface area contributed by atoms with E-state index in [0.29, 0.717) is 18.8 Å². The summed E-state index contributed by atoms with van der Waals surface area (Å²) < 4.78 is 5.74. The molecule has 0 N–H and O–H groups in total. The zero-order valence-corrected chi connectivity index (χ0v) is 17.2. The van der Waals surface area contributed by atoms with Gasteiger partial charge in [-0.05, 0) is 54.5 Å². The molecule has 0 atom stereocenters. The van der Waals surface area contributed by atoms with E-state index in [1.165, 1.54) is 0 Å². The van der Waals surface area contributed by atoms with E-state index < -0.39 is 0 Å². The van der Waals surface area contributed by atoms with Crippen molar-refractivity contribution in [2.75, 3.05) is 32.8 Å². The highest BCUT2D eigenvalue weighted by Crippen LogP contribution is 2.24. The molecule has 0 spiro atoms. The van der Waals surface area contributed by atoms with E-state index in [0.717, 1.165) is 55.5 Å². The van der Waals surface area contributed by atoms with Crippen molar-refractivity contribution in [1.29, 1.82) is 0 Å². The maximum Gasteiger partial charge on any atom is 0.260 e. The summed E-state index contributed by atoms with van der Waals surface area (Å²) in [5.74, 6) is 1.78. The molecule has 0 unspecified atom stereocenters. The highest BCUT2D eigenvalue weighted by atomic mass is 16.5. The number of benzene rings is 2. The van der Waals surface area contributed by atoms with Crippen LogP contribution in [0.2, 0.25) is 0 Å². The third-order valence-electron chi connectivity index (χ3n) is 6.38. The quantitative estimate of drug-likeness (QED) is 0.794. The number of ether oxygens (including phenoxy) is 1. The van der Waals surface area contributed by atoms with Crippen LogP contribution >= 0.6 is 0 Å². The Labute approximate surface area is 172 Å². The van der Waals surface area contributed by atoms with Crippen molar-refractivity contribution in [1.82, 2.24) is 9.80 Å². The zero-order chi connectivity index (χ0) is 20.2. The second-order valence-corrected chi connectivity index (χ2v) is 8.46. The van der Waals surface area contributed by atoms with Gasteiger partial charge in [-0.25, -0.2) is 0 Å². The average Bonchev–Trinajstić information content (AvgIpc) is 2.77. The SMILES string of the molecule is CC1CCN(C(=O)C2CCN(C(=O)COc3ccc4ccccc4c3)CC2)CC1. The Kier molecular flexibility index (Phi) is 6.02. The number of carbonyl (C=O) groups is 2. The summed E-state index contributed by atoms with van der Waals surface area (Å²) in [6.45, 7) is 5.35. The summed E-state index contributed by atoms with van der Waals surface area (Å²) in [6, 6.07) is 14.0. The Morgan fingerprint density at radius 1 is 0.897 bits per heavy atom. The summed E-state index contributed by atoms with van der Waals surface area (Å²) in [5, 5.41) is 2.25. The van der Waals surface area contributed by atoms with Crippen LogP contribution in [-0.2, 0) is 9.59 Å². The molecule has 2 amide bonds. The number of rotatable bonds is 4. The van der Waals surface area contributed by atoms with E-state index in [1.54, 1.807) is 0 Å². The molecule has 2 saturated heterocycles. The molecule has 0 radical (unpaired) electrons. The van der Waals surface area contributed by atoms with Crippen LogP contribution in [0.5, 0.6) is 5.75 Å². The number of amides is 2. The number of hydrogen-bond acceptors (Lipinski definition) is 3. The van der Waals surface area contributed by atoms with Crippen LogP contribution in [0, 0.1) is 11.8 Å². The number of hydrogen-bond donors (Lipinski definition) is 0. The molecule has 2 aromatic carbocycles. The fraction of sp³-hybridized carbons (Fsp3) is 0.500. The molecule has 2 aromatic rings. The summed E-state index contributed by atoms with van der Waals surface area (Å²) in [5.41, 5.74) is 0. The van der Waals surface area contributed by atoms with Crippen molar-refractivity contribution in [3.8, 4) is 5.75 Å². The van der Waals surface area contributed by atoms with Crippen LogP contribution in [0.4, 0.5) is 0 Å². The molecular formula is C24H30N2O3. The van der Waals surface area contributed by atoms with Crippen LogP contribution in [0.25, 0.3) is 10.8 Å². The molecule has 5 heteroatoms. The summed E-state index contributed by atoms with van der Waals surface area (Å²) >= 11 is 0. The fourth-order valence-electron chi connectivity index (χ4n) is 4.36. The molecule has 2 aliphatic rings. The van der Waals surface area contributed by atoms with Crippen LogP contribution in [-0.4, -0.2) is 54.4 Å². The molecule has 0 aromatic heterocycles. The predicted octanol–water partition coefficient (Wildman–Crippen LogP) is 3.72. The highest BCUT2D eigenvalue weighted by Gasteiger charge is 2.31. The van der Waals surface area contributed by atoms with Gasteiger partial charge in [0.2, 0.25) is 5.91 Å². The molecule has 0 bridgehead atoms. The van der Waals surface area contributed by atoms with Crippen molar-refractivity contribution < 1.29 is 14.3 Å². The van der Waals surface area contributed by atoms with E-state index in [2.05, 4.69) is 13.0 Å². The minimum absolute atomic E-state index is 0.00384. The van der Waals surface area contributed by atoms with Gasteiger partial charge in [-0.15, -0.1) is 0 Å². The van der Waals surface area contributed by atoms with Gasteiger partial charge in [0, 0.05) is 32.1 Å². The van der Waals surface area contributed by atoms with Gasteiger partial charge in [-0.3, -0.25) is 9.59 Å². The zero-order valence-electron chi connectivity index (χ0n) is 17.2. The standard InChI is InChI=1S/C24H30N2O3/c1-18-8-12-26(13-9-18)24(28)20-10-14-25(15-11-20)23(27)17-29-22-7-6-19-4-2-3-5-21(19)16-22/h2-7,16,18,20H,8-15,17H2,1H3. The maximum atomic E-state index is 12.8. The van der Waals surface area contributed by atoms with E-state index in [4.69, 9.17) is 4.74 Å².